The molecule has 0 saturated carbocycles. The van der Waals surface area contributed by atoms with Crippen LogP contribution in [0.25, 0.3) is 0 Å². The van der Waals surface area contributed by atoms with Crippen LogP contribution in [0.1, 0.15) is 13.8 Å². The molecule has 0 unspecified atom stereocenters. The molecule has 0 bridgehead atoms. The van der Waals surface area contributed by atoms with E-state index < -0.39 is 10.0 Å². The first-order valence-corrected chi connectivity index (χ1v) is 6.68. The van der Waals surface area contributed by atoms with E-state index in [2.05, 4.69) is 0 Å². The van der Waals surface area contributed by atoms with Gasteiger partial charge in [0, 0.05) is 25.7 Å². The van der Waals surface area contributed by atoms with Gasteiger partial charge in [-0.3, -0.25) is 0 Å². The Hall–Kier alpha value is -0.170. The van der Waals surface area contributed by atoms with E-state index in [0.29, 0.717) is 19.0 Å². The number of nitrogens with two attached hydrogens (primary N) is 1. The molecule has 15 heavy (non-hydrogen) atoms. The maximum absolute atomic E-state index is 11.7. The van der Waals surface area contributed by atoms with Gasteiger partial charge in [-0.2, -0.15) is 4.31 Å². The Morgan fingerprint density at radius 1 is 1.47 bits per heavy atom. The fourth-order valence-electron chi connectivity index (χ4n) is 1.49. The van der Waals surface area contributed by atoms with Crippen LogP contribution in [0, 0.1) is 5.92 Å². The van der Waals surface area contributed by atoms with E-state index in [1.54, 1.807) is 0 Å². The maximum atomic E-state index is 11.7. The summed E-state index contributed by atoms with van der Waals surface area (Å²) in [6, 6.07) is 0. The lowest BCUT2D eigenvalue weighted by atomic mass is 9.82. The predicted octanol–water partition coefficient (Wildman–Crippen LogP) is -0.368. The van der Waals surface area contributed by atoms with Gasteiger partial charge >= 0.3 is 0 Å². The third-order valence-corrected chi connectivity index (χ3v) is 4.76. The Kier molecular flexibility index (Phi) is 3.76. The van der Waals surface area contributed by atoms with Crippen LogP contribution in [0.3, 0.4) is 0 Å². The molecule has 1 heterocycles. The van der Waals surface area contributed by atoms with Gasteiger partial charge in [0.1, 0.15) is 0 Å². The molecule has 0 aromatic heterocycles. The minimum Gasteiger partial charge on any atom is -0.384 e. The zero-order chi connectivity index (χ0) is 11.7. The molecule has 0 aromatic rings. The lowest BCUT2D eigenvalue weighted by Crippen LogP contribution is -2.71. The molecule has 6 heteroatoms. The van der Waals surface area contributed by atoms with Crippen molar-refractivity contribution < 1.29 is 13.2 Å². The molecule has 1 aliphatic rings. The zero-order valence-corrected chi connectivity index (χ0v) is 10.4. The Morgan fingerprint density at radius 3 is 2.40 bits per heavy atom. The summed E-state index contributed by atoms with van der Waals surface area (Å²) in [6.07, 6.45) is 0. The highest BCUT2D eigenvalue weighted by atomic mass is 32.2. The molecule has 1 rings (SSSR count). The number of nitrogens with zero attached hydrogens (tertiary/aromatic N) is 1. The number of methoxy groups -OCH3 is 1. The highest BCUT2D eigenvalue weighted by Crippen LogP contribution is 2.28. The molecule has 1 fully saturated rings. The number of rotatable bonds is 5. The van der Waals surface area contributed by atoms with Crippen molar-refractivity contribution in [3.63, 3.8) is 0 Å². The second-order valence-corrected chi connectivity index (χ2v) is 6.55. The van der Waals surface area contributed by atoms with Gasteiger partial charge in [0.25, 0.3) is 0 Å². The third kappa shape index (κ3) is 2.69. The molecule has 1 saturated heterocycles. The first kappa shape index (κ1) is 12.9. The van der Waals surface area contributed by atoms with E-state index in [-0.39, 0.29) is 17.9 Å². The Morgan fingerprint density at radius 2 is 2.00 bits per heavy atom. The Bertz CT molecular complexity index is 307. The summed E-state index contributed by atoms with van der Waals surface area (Å²) in [5.41, 5.74) is 5.68. The summed E-state index contributed by atoms with van der Waals surface area (Å²) in [7, 11) is -1.67. The predicted molar refractivity (Wildman–Crippen MR) is 59.0 cm³/mol. The standard InChI is InChI=1S/C9H20N2O3S/c1-8(2)9(10)6-11(7-9)15(12,13)5-4-14-3/h8H,4-7,10H2,1-3H3. The van der Waals surface area contributed by atoms with Crippen molar-refractivity contribution in [3.8, 4) is 0 Å². The normalized spacial score (nSPS) is 21.7. The van der Waals surface area contributed by atoms with Crippen LogP contribution < -0.4 is 5.73 Å². The first-order chi connectivity index (χ1) is 6.82. The molecule has 0 aliphatic carbocycles. The van der Waals surface area contributed by atoms with Crippen LogP contribution in [0.15, 0.2) is 0 Å². The smallest absolute Gasteiger partial charge is 0.216 e. The van der Waals surface area contributed by atoms with Crippen LogP contribution in [0.4, 0.5) is 0 Å². The van der Waals surface area contributed by atoms with Gasteiger partial charge in [-0.15, -0.1) is 0 Å². The van der Waals surface area contributed by atoms with Crippen LogP contribution in [-0.2, 0) is 14.8 Å². The maximum Gasteiger partial charge on any atom is 0.216 e. The number of ether oxygens (including phenoxy) is 1. The van der Waals surface area contributed by atoms with Crippen molar-refractivity contribution in [2.24, 2.45) is 11.7 Å². The summed E-state index contributed by atoms with van der Waals surface area (Å²) < 4.78 is 29.5. The number of hydrogen-bond donors (Lipinski definition) is 1. The van der Waals surface area contributed by atoms with Gasteiger partial charge in [-0.25, -0.2) is 8.42 Å². The van der Waals surface area contributed by atoms with Crippen molar-refractivity contribution >= 4 is 10.0 Å². The molecular formula is C9H20N2O3S. The monoisotopic (exact) mass is 236 g/mol. The van der Waals surface area contributed by atoms with Gasteiger partial charge in [0.05, 0.1) is 12.4 Å². The molecule has 0 aromatic carbocycles. The van der Waals surface area contributed by atoms with Gasteiger partial charge in [0.15, 0.2) is 0 Å². The van der Waals surface area contributed by atoms with Crippen molar-refractivity contribution in [1.29, 1.82) is 0 Å². The fraction of sp³-hybridized carbons (Fsp3) is 1.00. The fourth-order valence-corrected chi connectivity index (χ4v) is 3.00. The number of sulfonamides is 1. The van der Waals surface area contributed by atoms with E-state index in [1.807, 2.05) is 13.8 Å². The molecule has 0 radical (unpaired) electrons. The van der Waals surface area contributed by atoms with Crippen molar-refractivity contribution in [3.05, 3.63) is 0 Å². The van der Waals surface area contributed by atoms with E-state index >= 15 is 0 Å². The molecule has 1 aliphatic heterocycles. The Labute approximate surface area is 91.6 Å². The summed E-state index contributed by atoms with van der Waals surface area (Å²) in [5, 5.41) is 0. The van der Waals surface area contributed by atoms with Crippen LogP contribution in [-0.4, -0.2) is 50.8 Å². The molecule has 2 N–H and O–H groups in total. The molecule has 0 atom stereocenters. The van der Waals surface area contributed by atoms with E-state index in [4.69, 9.17) is 10.5 Å². The largest absolute Gasteiger partial charge is 0.384 e. The highest BCUT2D eigenvalue weighted by molar-refractivity contribution is 7.89. The molecular weight excluding hydrogens is 216 g/mol. The van der Waals surface area contributed by atoms with E-state index in [9.17, 15) is 8.42 Å². The van der Waals surface area contributed by atoms with Gasteiger partial charge in [-0.05, 0) is 5.92 Å². The average Bonchev–Trinajstić information content (AvgIpc) is 2.09. The SMILES string of the molecule is COCCS(=O)(=O)N1CC(N)(C(C)C)C1. The van der Waals surface area contributed by atoms with Crippen molar-refractivity contribution in [2.75, 3.05) is 32.6 Å². The van der Waals surface area contributed by atoms with E-state index in [1.165, 1.54) is 11.4 Å². The van der Waals surface area contributed by atoms with Crippen LogP contribution >= 0.6 is 0 Å². The second kappa shape index (κ2) is 4.37. The first-order valence-electron chi connectivity index (χ1n) is 5.07. The summed E-state index contributed by atoms with van der Waals surface area (Å²) in [5.74, 6) is 0.337. The van der Waals surface area contributed by atoms with Gasteiger partial charge in [-0.1, -0.05) is 13.8 Å². The molecule has 90 valence electrons. The van der Waals surface area contributed by atoms with Crippen molar-refractivity contribution in [1.82, 2.24) is 4.31 Å². The van der Waals surface area contributed by atoms with Gasteiger partial charge < -0.3 is 10.5 Å². The van der Waals surface area contributed by atoms with Crippen LogP contribution in [0.5, 0.6) is 0 Å². The minimum absolute atomic E-state index is 0.0394. The van der Waals surface area contributed by atoms with Gasteiger partial charge in [0.2, 0.25) is 10.0 Å². The molecule has 0 amide bonds. The van der Waals surface area contributed by atoms with E-state index in [0.717, 1.165) is 0 Å². The summed E-state index contributed by atoms with van der Waals surface area (Å²) in [6.45, 7) is 5.11. The third-order valence-electron chi connectivity index (χ3n) is 3.03. The Balaban J connectivity index is 2.51. The summed E-state index contributed by atoms with van der Waals surface area (Å²) in [4.78, 5) is 0. The highest BCUT2D eigenvalue weighted by Gasteiger charge is 2.46. The second-order valence-electron chi connectivity index (χ2n) is 4.46. The lowest BCUT2D eigenvalue weighted by molar-refractivity contribution is 0.109. The zero-order valence-electron chi connectivity index (χ0n) is 9.56. The topological polar surface area (TPSA) is 72.6 Å². The van der Waals surface area contributed by atoms with Crippen LogP contribution in [0.2, 0.25) is 0 Å². The number of hydrogen-bond acceptors (Lipinski definition) is 4. The summed E-state index contributed by atoms with van der Waals surface area (Å²) >= 11 is 0. The van der Waals surface area contributed by atoms with Crippen molar-refractivity contribution in [2.45, 2.75) is 19.4 Å². The average molecular weight is 236 g/mol. The molecule has 0 spiro atoms. The lowest BCUT2D eigenvalue weighted by Gasteiger charge is -2.49. The molecule has 5 nitrogen and oxygen atoms in total. The quantitative estimate of drug-likeness (QED) is 0.707. The minimum atomic E-state index is -3.16.